The van der Waals surface area contributed by atoms with Crippen LogP contribution >= 0.6 is 0 Å². The number of carbonyl (C=O) groups excluding carboxylic acids is 1. The molecule has 4 heteroatoms. The van der Waals surface area contributed by atoms with Gasteiger partial charge in [0, 0.05) is 12.5 Å². The van der Waals surface area contributed by atoms with E-state index in [-0.39, 0.29) is 11.8 Å². The number of nitrogens with zero attached hydrogens (tertiary/aromatic N) is 2. The van der Waals surface area contributed by atoms with Gasteiger partial charge in [-0.1, -0.05) is 6.92 Å². The van der Waals surface area contributed by atoms with E-state index in [2.05, 4.69) is 13.0 Å². The first-order chi connectivity index (χ1) is 8.20. The molecule has 1 saturated heterocycles. The van der Waals surface area contributed by atoms with Crippen LogP contribution in [0.5, 0.6) is 0 Å². The number of rotatable bonds is 1. The molecule has 1 heterocycles. The van der Waals surface area contributed by atoms with Crippen LogP contribution in [-0.4, -0.2) is 36.6 Å². The standard InChI is InChI=1S/C13H20N2O2/c1-10-2-4-11(5-3-10)13(16)15-6-7-17-12(8-14)9-15/h10-12H,2-7,9H2,1H3. The molecule has 1 unspecified atom stereocenters. The lowest BCUT2D eigenvalue weighted by atomic mass is 9.82. The first-order valence-corrected chi connectivity index (χ1v) is 6.50. The third-order valence-electron chi connectivity index (χ3n) is 3.89. The van der Waals surface area contributed by atoms with E-state index in [1.807, 2.05) is 4.90 Å². The van der Waals surface area contributed by atoms with Crippen molar-refractivity contribution >= 4 is 5.91 Å². The van der Waals surface area contributed by atoms with E-state index in [4.69, 9.17) is 10.00 Å². The van der Waals surface area contributed by atoms with Gasteiger partial charge in [-0.05, 0) is 31.6 Å². The second-order valence-corrected chi connectivity index (χ2v) is 5.23. The first-order valence-electron chi connectivity index (χ1n) is 6.50. The fourth-order valence-electron chi connectivity index (χ4n) is 2.69. The van der Waals surface area contributed by atoms with Gasteiger partial charge < -0.3 is 9.64 Å². The Hall–Kier alpha value is -1.08. The third-order valence-corrected chi connectivity index (χ3v) is 3.89. The Morgan fingerprint density at radius 2 is 2.06 bits per heavy atom. The summed E-state index contributed by atoms with van der Waals surface area (Å²) in [6.45, 7) is 3.83. The topological polar surface area (TPSA) is 53.3 Å². The van der Waals surface area contributed by atoms with Crippen LogP contribution in [0.25, 0.3) is 0 Å². The number of hydrogen-bond acceptors (Lipinski definition) is 3. The highest BCUT2D eigenvalue weighted by Crippen LogP contribution is 2.29. The van der Waals surface area contributed by atoms with Gasteiger partial charge in [-0.3, -0.25) is 4.79 Å². The maximum atomic E-state index is 12.3. The van der Waals surface area contributed by atoms with Crippen LogP contribution in [0.3, 0.4) is 0 Å². The number of carbonyl (C=O) groups is 1. The van der Waals surface area contributed by atoms with Crippen LogP contribution in [0.15, 0.2) is 0 Å². The summed E-state index contributed by atoms with van der Waals surface area (Å²) in [5, 5.41) is 8.82. The van der Waals surface area contributed by atoms with Crippen molar-refractivity contribution in [3.63, 3.8) is 0 Å². The number of hydrogen-bond donors (Lipinski definition) is 0. The van der Waals surface area contributed by atoms with Gasteiger partial charge in [0.2, 0.25) is 5.91 Å². The van der Waals surface area contributed by atoms with E-state index in [0.29, 0.717) is 19.7 Å². The van der Waals surface area contributed by atoms with Crippen molar-refractivity contribution in [3.8, 4) is 6.07 Å². The van der Waals surface area contributed by atoms with Crippen LogP contribution in [0.1, 0.15) is 32.6 Å². The molecule has 1 aliphatic carbocycles. The quantitative estimate of drug-likeness (QED) is 0.694. The highest BCUT2D eigenvalue weighted by atomic mass is 16.5. The van der Waals surface area contributed by atoms with Crippen LogP contribution in [-0.2, 0) is 9.53 Å². The Balaban J connectivity index is 1.89. The van der Waals surface area contributed by atoms with Crippen molar-refractivity contribution in [2.45, 2.75) is 38.7 Å². The van der Waals surface area contributed by atoms with Crippen molar-refractivity contribution in [1.82, 2.24) is 4.90 Å². The summed E-state index contributed by atoms with van der Waals surface area (Å²) in [6.07, 6.45) is 3.89. The van der Waals surface area contributed by atoms with Crippen molar-refractivity contribution in [2.24, 2.45) is 11.8 Å². The summed E-state index contributed by atoms with van der Waals surface area (Å²) in [4.78, 5) is 14.1. The summed E-state index contributed by atoms with van der Waals surface area (Å²) in [6, 6.07) is 2.08. The third kappa shape index (κ3) is 2.98. The van der Waals surface area contributed by atoms with E-state index < -0.39 is 6.10 Å². The summed E-state index contributed by atoms with van der Waals surface area (Å²) >= 11 is 0. The number of ether oxygens (including phenoxy) is 1. The minimum atomic E-state index is -0.435. The molecule has 0 aromatic heterocycles. The highest BCUT2D eigenvalue weighted by Gasteiger charge is 2.31. The van der Waals surface area contributed by atoms with Crippen LogP contribution in [0, 0.1) is 23.2 Å². The first kappa shape index (κ1) is 12.4. The lowest BCUT2D eigenvalue weighted by Crippen LogP contribution is -2.47. The van der Waals surface area contributed by atoms with E-state index in [9.17, 15) is 4.79 Å². The predicted octanol–water partition coefficient (Wildman–Crippen LogP) is 1.56. The van der Waals surface area contributed by atoms with Crippen LogP contribution < -0.4 is 0 Å². The molecule has 2 fully saturated rings. The van der Waals surface area contributed by atoms with Gasteiger partial charge >= 0.3 is 0 Å². The Morgan fingerprint density at radius 3 is 2.71 bits per heavy atom. The lowest BCUT2D eigenvalue weighted by molar-refractivity contribution is -0.142. The minimum absolute atomic E-state index is 0.184. The maximum absolute atomic E-state index is 12.3. The molecule has 0 aromatic rings. The molecule has 2 rings (SSSR count). The molecule has 94 valence electrons. The molecule has 2 aliphatic rings. The van der Waals surface area contributed by atoms with E-state index in [1.54, 1.807) is 0 Å². The second kappa shape index (κ2) is 5.50. The molecule has 1 saturated carbocycles. The van der Waals surface area contributed by atoms with Gasteiger partial charge in [0.25, 0.3) is 0 Å². The van der Waals surface area contributed by atoms with E-state index in [0.717, 1.165) is 31.6 Å². The smallest absolute Gasteiger partial charge is 0.225 e. The average Bonchev–Trinajstić information content (AvgIpc) is 2.39. The van der Waals surface area contributed by atoms with Crippen LogP contribution in [0.4, 0.5) is 0 Å². The highest BCUT2D eigenvalue weighted by molar-refractivity contribution is 5.79. The fourth-order valence-corrected chi connectivity index (χ4v) is 2.69. The predicted molar refractivity (Wildman–Crippen MR) is 63.1 cm³/mol. The van der Waals surface area contributed by atoms with Gasteiger partial charge in [0.05, 0.1) is 19.2 Å². The molecule has 4 nitrogen and oxygen atoms in total. The SMILES string of the molecule is CC1CCC(C(=O)N2CCOC(C#N)C2)CC1. The lowest BCUT2D eigenvalue weighted by Gasteiger charge is -2.34. The Morgan fingerprint density at radius 1 is 1.35 bits per heavy atom. The minimum Gasteiger partial charge on any atom is -0.360 e. The number of morpholine rings is 1. The molecule has 0 bridgehead atoms. The fraction of sp³-hybridized carbons (Fsp3) is 0.846. The molecular formula is C13H20N2O2. The Kier molecular flexibility index (Phi) is 4.01. The van der Waals surface area contributed by atoms with Gasteiger partial charge in [0.15, 0.2) is 6.10 Å². The average molecular weight is 236 g/mol. The van der Waals surface area contributed by atoms with E-state index >= 15 is 0 Å². The van der Waals surface area contributed by atoms with Gasteiger partial charge in [-0.25, -0.2) is 0 Å². The molecule has 1 aliphatic heterocycles. The monoisotopic (exact) mass is 236 g/mol. The van der Waals surface area contributed by atoms with Crippen molar-refractivity contribution in [1.29, 1.82) is 5.26 Å². The molecule has 1 amide bonds. The zero-order valence-corrected chi connectivity index (χ0v) is 10.4. The van der Waals surface area contributed by atoms with Gasteiger partial charge in [-0.15, -0.1) is 0 Å². The normalized spacial score (nSPS) is 34.1. The van der Waals surface area contributed by atoms with E-state index in [1.165, 1.54) is 0 Å². The zero-order chi connectivity index (χ0) is 12.3. The Labute approximate surface area is 103 Å². The maximum Gasteiger partial charge on any atom is 0.225 e. The zero-order valence-electron chi connectivity index (χ0n) is 10.4. The van der Waals surface area contributed by atoms with Crippen molar-refractivity contribution in [2.75, 3.05) is 19.7 Å². The van der Waals surface area contributed by atoms with Gasteiger partial charge in [0.1, 0.15) is 0 Å². The number of nitriles is 1. The largest absolute Gasteiger partial charge is 0.360 e. The summed E-state index contributed by atoms with van der Waals surface area (Å²) in [7, 11) is 0. The molecule has 1 atom stereocenters. The van der Waals surface area contributed by atoms with Gasteiger partial charge in [-0.2, -0.15) is 5.26 Å². The molecule has 0 N–H and O–H groups in total. The molecule has 17 heavy (non-hydrogen) atoms. The van der Waals surface area contributed by atoms with Crippen LogP contribution in [0.2, 0.25) is 0 Å². The summed E-state index contributed by atoms with van der Waals surface area (Å²) in [5.41, 5.74) is 0. The number of amides is 1. The second-order valence-electron chi connectivity index (χ2n) is 5.23. The molecule has 0 radical (unpaired) electrons. The summed E-state index contributed by atoms with van der Waals surface area (Å²) < 4.78 is 5.26. The summed E-state index contributed by atoms with van der Waals surface area (Å²) in [5.74, 6) is 1.18. The molecular weight excluding hydrogens is 216 g/mol. The Bertz CT molecular complexity index is 316. The molecule has 0 aromatic carbocycles. The molecule has 0 spiro atoms. The van der Waals surface area contributed by atoms with Crippen molar-refractivity contribution < 1.29 is 9.53 Å². The van der Waals surface area contributed by atoms with Crippen molar-refractivity contribution in [3.05, 3.63) is 0 Å².